The molecule has 1 saturated heterocycles. The molecular formula is C18H21ClN3O3S+. The van der Waals surface area contributed by atoms with Crippen molar-refractivity contribution in [1.82, 2.24) is 10.9 Å². The Labute approximate surface area is 161 Å². The van der Waals surface area contributed by atoms with Crippen molar-refractivity contribution in [3.05, 3.63) is 51.7 Å². The van der Waals surface area contributed by atoms with Gasteiger partial charge in [-0.1, -0.05) is 17.7 Å². The van der Waals surface area contributed by atoms with Gasteiger partial charge in [-0.2, -0.15) is 0 Å². The number of amides is 2. The number of carbonyl (C=O) groups is 2. The number of hydrazine groups is 1. The zero-order valence-corrected chi connectivity index (χ0v) is 15.7. The quantitative estimate of drug-likeness (QED) is 0.647. The smallest absolute Gasteiger partial charge is 0.293 e. The first-order chi connectivity index (χ1) is 12.6. The molecular weight excluding hydrogens is 374 g/mol. The van der Waals surface area contributed by atoms with E-state index in [0.717, 1.165) is 19.4 Å². The molecule has 0 radical (unpaired) electrons. The zero-order valence-electron chi connectivity index (χ0n) is 14.2. The largest absolute Gasteiger partial charge is 0.484 e. The maximum atomic E-state index is 12.1. The normalized spacial score (nSPS) is 19.1. The van der Waals surface area contributed by atoms with Crippen molar-refractivity contribution < 1.29 is 19.2 Å². The highest BCUT2D eigenvalue weighted by Crippen LogP contribution is 2.23. The van der Waals surface area contributed by atoms with Crippen LogP contribution in [0.2, 0.25) is 5.02 Å². The monoisotopic (exact) mass is 394 g/mol. The molecule has 0 aliphatic carbocycles. The summed E-state index contributed by atoms with van der Waals surface area (Å²) < 4.78 is 5.33. The summed E-state index contributed by atoms with van der Waals surface area (Å²) in [7, 11) is 0. The van der Waals surface area contributed by atoms with Crippen molar-refractivity contribution in [1.29, 1.82) is 0 Å². The predicted molar refractivity (Wildman–Crippen MR) is 100 cm³/mol. The highest BCUT2D eigenvalue weighted by molar-refractivity contribution is 7.10. The number of hydrogen-bond acceptors (Lipinski definition) is 4. The minimum Gasteiger partial charge on any atom is -0.484 e. The van der Waals surface area contributed by atoms with Gasteiger partial charge in [-0.25, -0.2) is 0 Å². The van der Waals surface area contributed by atoms with Gasteiger partial charge in [-0.05, 0) is 35.7 Å². The predicted octanol–water partition coefficient (Wildman–Crippen LogP) is 1.35. The third kappa shape index (κ3) is 5.20. The molecule has 26 heavy (non-hydrogen) atoms. The maximum Gasteiger partial charge on any atom is 0.293 e. The van der Waals surface area contributed by atoms with Gasteiger partial charge < -0.3 is 9.64 Å². The molecule has 1 aromatic heterocycles. The van der Waals surface area contributed by atoms with Gasteiger partial charge in [0, 0.05) is 17.9 Å². The Morgan fingerprint density at radius 3 is 2.69 bits per heavy atom. The number of nitrogens with one attached hydrogen (secondary N) is 3. The van der Waals surface area contributed by atoms with Crippen LogP contribution in [0.3, 0.4) is 0 Å². The number of benzene rings is 1. The molecule has 1 unspecified atom stereocenters. The summed E-state index contributed by atoms with van der Waals surface area (Å²) in [6, 6.07) is 11.2. The SMILES string of the molecule is O=C(COc1ccc(Cl)cc1)NNC(=O)C[NH+]1CCC[C@@H]1c1cccs1. The van der Waals surface area contributed by atoms with Crippen LogP contribution < -0.4 is 20.5 Å². The number of likely N-dealkylation sites (tertiary alicyclic amines) is 1. The fraction of sp³-hybridized carbons (Fsp3) is 0.333. The second kappa shape index (κ2) is 9.02. The van der Waals surface area contributed by atoms with E-state index in [2.05, 4.69) is 22.3 Å². The average molecular weight is 395 g/mol. The Bertz CT molecular complexity index is 737. The highest BCUT2D eigenvalue weighted by Gasteiger charge is 2.32. The third-order valence-electron chi connectivity index (χ3n) is 4.28. The summed E-state index contributed by atoms with van der Waals surface area (Å²) in [4.78, 5) is 26.5. The summed E-state index contributed by atoms with van der Waals surface area (Å²) in [6.45, 7) is 1.11. The number of halogens is 1. The van der Waals surface area contributed by atoms with Crippen LogP contribution >= 0.6 is 22.9 Å². The zero-order chi connectivity index (χ0) is 18.4. The third-order valence-corrected chi connectivity index (χ3v) is 5.52. The Morgan fingerprint density at radius 2 is 1.96 bits per heavy atom. The van der Waals surface area contributed by atoms with Gasteiger partial charge >= 0.3 is 0 Å². The van der Waals surface area contributed by atoms with E-state index in [0.29, 0.717) is 23.4 Å². The van der Waals surface area contributed by atoms with Crippen molar-refractivity contribution in [2.45, 2.75) is 18.9 Å². The molecule has 138 valence electrons. The van der Waals surface area contributed by atoms with Crippen LogP contribution in [0.4, 0.5) is 0 Å². The van der Waals surface area contributed by atoms with E-state index in [-0.39, 0.29) is 12.5 Å². The van der Waals surface area contributed by atoms with E-state index in [1.54, 1.807) is 35.6 Å². The number of quaternary nitrogens is 1. The lowest BCUT2D eigenvalue weighted by molar-refractivity contribution is -0.910. The first kappa shape index (κ1) is 18.7. The Hall–Kier alpha value is -2.09. The number of hydrogen-bond donors (Lipinski definition) is 3. The number of carbonyl (C=O) groups excluding carboxylic acids is 2. The van der Waals surface area contributed by atoms with Crippen molar-refractivity contribution in [2.24, 2.45) is 0 Å². The van der Waals surface area contributed by atoms with Crippen LogP contribution in [0.5, 0.6) is 5.75 Å². The maximum absolute atomic E-state index is 12.1. The van der Waals surface area contributed by atoms with E-state index in [1.165, 1.54) is 9.78 Å². The summed E-state index contributed by atoms with van der Waals surface area (Å²) in [5.41, 5.74) is 4.85. The molecule has 3 rings (SSSR count). The van der Waals surface area contributed by atoms with Gasteiger partial charge in [-0.15, -0.1) is 11.3 Å². The van der Waals surface area contributed by atoms with Gasteiger partial charge in [-0.3, -0.25) is 20.4 Å². The Balaban J connectivity index is 1.39. The molecule has 1 aliphatic rings. The van der Waals surface area contributed by atoms with E-state index in [1.807, 2.05) is 6.07 Å². The molecule has 1 fully saturated rings. The van der Waals surface area contributed by atoms with Crippen LogP contribution in [-0.4, -0.2) is 31.5 Å². The summed E-state index contributed by atoms with van der Waals surface area (Å²) in [6.07, 6.45) is 2.19. The van der Waals surface area contributed by atoms with E-state index in [4.69, 9.17) is 16.3 Å². The first-order valence-electron chi connectivity index (χ1n) is 8.46. The van der Waals surface area contributed by atoms with Gasteiger partial charge in [0.1, 0.15) is 11.8 Å². The summed E-state index contributed by atoms with van der Waals surface area (Å²) in [5, 5.41) is 2.66. The highest BCUT2D eigenvalue weighted by atomic mass is 35.5. The van der Waals surface area contributed by atoms with Gasteiger partial charge in [0.05, 0.1) is 11.4 Å². The van der Waals surface area contributed by atoms with Crippen LogP contribution in [0, 0.1) is 0 Å². The van der Waals surface area contributed by atoms with Crippen molar-refractivity contribution in [3.63, 3.8) is 0 Å². The molecule has 6 nitrogen and oxygen atoms in total. The molecule has 2 amide bonds. The standard InChI is InChI=1S/C18H20ClN3O3S/c19-13-5-7-14(8-6-13)25-12-18(24)21-20-17(23)11-22-9-1-3-15(22)16-4-2-10-26-16/h2,4-8,10,15H,1,3,9,11-12H2,(H,20,23)(H,21,24)/p+1/t15-/m1/s1. The van der Waals surface area contributed by atoms with Gasteiger partial charge in [0.15, 0.2) is 13.2 Å². The fourth-order valence-electron chi connectivity index (χ4n) is 3.06. The topological polar surface area (TPSA) is 71.9 Å². The molecule has 3 N–H and O–H groups in total. The lowest BCUT2D eigenvalue weighted by atomic mass is 10.2. The van der Waals surface area contributed by atoms with Crippen LogP contribution in [-0.2, 0) is 9.59 Å². The van der Waals surface area contributed by atoms with Crippen LogP contribution in [0.1, 0.15) is 23.8 Å². The van der Waals surface area contributed by atoms with Crippen molar-refractivity contribution in [3.8, 4) is 5.75 Å². The summed E-state index contributed by atoms with van der Waals surface area (Å²) >= 11 is 7.52. The van der Waals surface area contributed by atoms with E-state index >= 15 is 0 Å². The van der Waals surface area contributed by atoms with Gasteiger partial charge in [0.25, 0.3) is 11.8 Å². The minimum atomic E-state index is -0.417. The lowest BCUT2D eigenvalue weighted by Crippen LogP contribution is -3.11. The van der Waals surface area contributed by atoms with Crippen molar-refractivity contribution >= 4 is 34.8 Å². The van der Waals surface area contributed by atoms with E-state index in [9.17, 15) is 9.59 Å². The Morgan fingerprint density at radius 1 is 1.19 bits per heavy atom. The Kier molecular flexibility index (Phi) is 6.49. The molecule has 1 aromatic carbocycles. The van der Waals surface area contributed by atoms with Gasteiger partial charge in [0.2, 0.25) is 0 Å². The molecule has 2 atom stereocenters. The molecule has 0 saturated carbocycles. The second-order valence-corrected chi connectivity index (χ2v) is 7.55. The molecule has 0 bridgehead atoms. The summed E-state index contributed by atoms with van der Waals surface area (Å²) in [5.74, 6) is -0.0843. The van der Waals surface area contributed by atoms with Crippen molar-refractivity contribution in [2.75, 3.05) is 19.7 Å². The first-order valence-corrected chi connectivity index (χ1v) is 9.71. The molecule has 2 heterocycles. The van der Waals surface area contributed by atoms with Crippen LogP contribution in [0.25, 0.3) is 0 Å². The van der Waals surface area contributed by atoms with E-state index < -0.39 is 5.91 Å². The fourth-order valence-corrected chi connectivity index (χ4v) is 4.11. The molecule has 1 aliphatic heterocycles. The minimum absolute atomic E-state index is 0.184. The van der Waals surface area contributed by atoms with Crippen LogP contribution in [0.15, 0.2) is 41.8 Å². The second-order valence-electron chi connectivity index (χ2n) is 6.13. The lowest BCUT2D eigenvalue weighted by Gasteiger charge is -2.20. The molecule has 2 aromatic rings. The number of thiophene rings is 1. The molecule has 8 heteroatoms. The average Bonchev–Trinajstić information content (AvgIpc) is 3.31. The molecule has 0 spiro atoms. The number of rotatable bonds is 6. The number of ether oxygens (including phenoxy) is 1.